The SMILES string of the molecule is CCOP(=O)(OCC)C(CC=NC(C)(C)C)c1ccccc1. The molecule has 124 valence electrons. The maximum Gasteiger partial charge on any atom is 0.338 e. The van der Waals surface area contributed by atoms with Gasteiger partial charge in [-0.15, -0.1) is 0 Å². The zero-order chi connectivity index (χ0) is 16.6. The van der Waals surface area contributed by atoms with Crippen molar-refractivity contribution in [2.24, 2.45) is 4.99 Å². The van der Waals surface area contributed by atoms with E-state index in [-0.39, 0.29) is 11.2 Å². The van der Waals surface area contributed by atoms with E-state index < -0.39 is 7.60 Å². The molecule has 0 aliphatic rings. The monoisotopic (exact) mass is 325 g/mol. The highest BCUT2D eigenvalue weighted by molar-refractivity contribution is 7.54. The maximum absolute atomic E-state index is 13.2. The fourth-order valence-electron chi connectivity index (χ4n) is 2.13. The number of hydrogen-bond donors (Lipinski definition) is 0. The van der Waals surface area contributed by atoms with E-state index in [0.717, 1.165) is 5.56 Å². The van der Waals surface area contributed by atoms with Gasteiger partial charge in [0.05, 0.1) is 24.4 Å². The Labute approximate surface area is 134 Å². The van der Waals surface area contributed by atoms with Crippen LogP contribution in [0.5, 0.6) is 0 Å². The minimum Gasteiger partial charge on any atom is -0.308 e. The summed E-state index contributed by atoms with van der Waals surface area (Å²) in [6.45, 7) is 10.5. The van der Waals surface area contributed by atoms with Crippen molar-refractivity contribution in [2.75, 3.05) is 13.2 Å². The summed E-state index contributed by atoms with van der Waals surface area (Å²) < 4.78 is 24.2. The molecule has 0 amide bonds. The van der Waals surface area contributed by atoms with Gasteiger partial charge < -0.3 is 9.05 Å². The van der Waals surface area contributed by atoms with Crippen LogP contribution in [0.4, 0.5) is 0 Å². The molecular weight excluding hydrogens is 297 g/mol. The maximum atomic E-state index is 13.2. The van der Waals surface area contributed by atoms with Crippen LogP contribution in [-0.4, -0.2) is 25.0 Å². The first-order chi connectivity index (χ1) is 10.3. The summed E-state index contributed by atoms with van der Waals surface area (Å²) in [5, 5.41) is 0. The zero-order valence-electron chi connectivity index (χ0n) is 14.3. The van der Waals surface area contributed by atoms with Gasteiger partial charge in [-0.2, -0.15) is 0 Å². The molecule has 0 radical (unpaired) electrons. The van der Waals surface area contributed by atoms with Gasteiger partial charge in [-0.1, -0.05) is 30.3 Å². The molecule has 4 nitrogen and oxygen atoms in total. The fraction of sp³-hybridized carbons (Fsp3) is 0.588. The molecule has 0 saturated heterocycles. The smallest absolute Gasteiger partial charge is 0.308 e. The lowest BCUT2D eigenvalue weighted by atomic mass is 10.1. The molecular formula is C17H28NO3P. The molecule has 1 rings (SSSR count). The molecule has 0 saturated carbocycles. The molecule has 0 aromatic heterocycles. The van der Waals surface area contributed by atoms with Crippen LogP contribution in [0.25, 0.3) is 0 Å². The fourth-order valence-corrected chi connectivity index (χ4v) is 4.17. The lowest BCUT2D eigenvalue weighted by Crippen LogP contribution is -2.12. The second-order valence-corrected chi connectivity index (χ2v) is 8.24. The van der Waals surface area contributed by atoms with Gasteiger partial charge in [-0.25, -0.2) is 0 Å². The van der Waals surface area contributed by atoms with Gasteiger partial charge in [0, 0.05) is 12.6 Å². The highest BCUT2D eigenvalue weighted by Gasteiger charge is 2.36. The van der Waals surface area contributed by atoms with Gasteiger partial charge in [0.15, 0.2) is 0 Å². The predicted octanol–water partition coefficient (Wildman–Crippen LogP) is 5.25. The molecule has 0 bridgehead atoms. The quantitative estimate of drug-likeness (QED) is 0.484. The average molecular weight is 325 g/mol. The standard InChI is InChI=1S/C17H28NO3P/c1-6-20-22(19,21-7-2)16(13-14-18-17(3,4)5)15-11-9-8-10-12-15/h8-12,14,16H,6-7,13H2,1-5H3. The number of aliphatic imine (C=N–C) groups is 1. The van der Waals surface area contributed by atoms with Gasteiger partial charge in [-0.3, -0.25) is 9.56 Å². The molecule has 22 heavy (non-hydrogen) atoms. The van der Waals surface area contributed by atoms with E-state index in [2.05, 4.69) is 4.99 Å². The summed E-state index contributed by atoms with van der Waals surface area (Å²) in [7, 11) is -3.22. The van der Waals surface area contributed by atoms with Crippen LogP contribution in [0, 0.1) is 0 Å². The molecule has 0 N–H and O–H groups in total. The Morgan fingerprint density at radius 3 is 2.14 bits per heavy atom. The van der Waals surface area contributed by atoms with Crippen LogP contribution in [0.3, 0.4) is 0 Å². The van der Waals surface area contributed by atoms with Crippen molar-refractivity contribution in [3.63, 3.8) is 0 Å². The first kappa shape index (κ1) is 19.1. The minimum absolute atomic E-state index is 0.150. The highest BCUT2D eigenvalue weighted by atomic mass is 31.2. The van der Waals surface area contributed by atoms with E-state index in [1.807, 2.05) is 71.2 Å². The van der Waals surface area contributed by atoms with Crippen LogP contribution in [-0.2, 0) is 13.6 Å². The van der Waals surface area contributed by atoms with Gasteiger partial charge in [0.25, 0.3) is 0 Å². The third-order valence-electron chi connectivity index (χ3n) is 2.99. The van der Waals surface area contributed by atoms with Gasteiger partial charge in [0.1, 0.15) is 0 Å². The summed E-state index contributed by atoms with van der Waals surface area (Å²) in [6.07, 6.45) is 2.36. The first-order valence-corrected chi connectivity index (χ1v) is 9.41. The molecule has 1 aromatic carbocycles. The average Bonchev–Trinajstić information content (AvgIpc) is 2.44. The molecule has 1 aromatic rings. The lowest BCUT2D eigenvalue weighted by Gasteiger charge is -2.26. The van der Waals surface area contributed by atoms with E-state index >= 15 is 0 Å². The van der Waals surface area contributed by atoms with Crippen LogP contribution >= 0.6 is 7.60 Å². The van der Waals surface area contributed by atoms with E-state index in [0.29, 0.717) is 19.6 Å². The molecule has 5 heteroatoms. The minimum atomic E-state index is -3.22. The normalized spacial score (nSPS) is 14.4. The molecule has 1 atom stereocenters. The molecule has 0 aliphatic heterocycles. The van der Waals surface area contributed by atoms with E-state index in [4.69, 9.17) is 9.05 Å². The zero-order valence-corrected chi connectivity index (χ0v) is 15.2. The topological polar surface area (TPSA) is 47.9 Å². The molecule has 0 aliphatic carbocycles. The van der Waals surface area contributed by atoms with Crippen molar-refractivity contribution in [1.29, 1.82) is 0 Å². The Hall–Kier alpha value is -0.960. The summed E-state index contributed by atoms with van der Waals surface area (Å²) in [4.78, 5) is 4.50. The second-order valence-electron chi connectivity index (χ2n) is 6.02. The largest absolute Gasteiger partial charge is 0.338 e. The van der Waals surface area contributed by atoms with E-state index in [1.54, 1.807) is 0 Å². The summed E-state index contributed by atoms with van der Waals surface area (Å²) >= 11 is 0. The van der Waals surface area contributed by atoms with Crippen LogP contribution < -0.4 is 0 Å². The highest BCUT2D eigenvalue weighted by Crippen LogP contribution is 2.62. The summed E-state index contributed by atoms with van der Waals surface area (Å²) in [5.74, 6) is 0. The first-order valence-electron chi connectivity index (χ1n) is 7.80. The Morgan fingerprint density at radius 2 is 1.68 bits per heavy atom. The van der Waals surface area contributed by atoms with E-state index in [1.165, 1.54) is 0 Å². The lowest BCUT2D eigenvalue weighted by molar-refractivity contribution is 0.212. The summed E-state index contributed by atoms with van der Waals surface area (Å²) in [5.41, 5.74) is 0.468. The van der Waals surface area contributed by atoms with Gasteiger partial charge in [0.2, 0.25) is 0 Å². The number of hydrogen-bond acceptors (Lipinski definition) is 4. The second kappa shape index (κ2) is 8.61. The number of benzene rings is 1. The van der Waals surface area contributed by atoms with Crippen molar-refractivity contribution in [3.05, 3.63) is 35.9 Å². The molecule has 0 fully saturated rings. The Bertz CT molecular complexity index is 498. The summed E-state index contributed by atoms with van der Waals surface area (Å²) in [6, 6.07) is 9.73. The number of rotatable bonds is 8. The molecule has 0 spiro atoms. The molecule has 0 heterocycles. The Balaban J connectivity index is 3.10. The van der Waals surface area contributed by atoms with Crippen molar-refractivity contribution >= 4 is 13.8 Å². The molecule has 1 unspecified atom stereocenters. The Morgan fingerprint density at radius 1 is 1.14 bits per heavy atom. The van der Waals surface area contributed by atoms with Gasteiger partial charge in [-0.05, 0) is 40.2 Å². The van der Waals surface area contributed by atoms with Crippen LogP contribution in [0.1, 0.15) is 52.3 Å². The van der Waals surface area contributed by atoms with Crippen molar-refractivity contribution in [3.8, 4) is 0 Å². The van der Waals surface area contributed by atoms with E-state index in [9.17, 15) is 4.57 Å². The van der Waals surface area contributed by atoms with Crippen LogP contribution in [0.2, 0.25) is 0 Å². The third kappa shape index (κ3) is 6.04. The van der Waals surface area contributed by atoms with Crippen molar-refractivity contribution in [1.82, 2.24) is 0 Å². The number of nitrogens with zero attached hydrogens (tertiary/aromatic N) is 1. The van der Waals surface area contributed by atoms with Crippen LogP contribution in [0.15, 0.2) is 35.3 Å². The third-order valence-corrected chi connectivity index (χ3v) is 5.50. The van der Waals surface area contributed by atoms with Crippen molar-refractivity contribution < 1.29 is 13.6 Å². The van der Waals surface area contributed by atoms with Gasteiger partial charge >= 0.3 is 7.60 Å². The Kier molecular flexibility index (Phi) is 7.47. The van der Waals surface area contributed by atoms with Crippen molar-refractivity contribution in [2.45, 2.75) is 52.2 Å². The predicted molar refractivity (Wildman–Crippen MR) is 92.9 cm³/mol.